The fraction of sp³-hybridized carbons (Fsp3) is 0. The van der Waals surface area contributed by atoms with Crippen LogP contribution in [0, 0.1) is 15.9 Å². The van der Waals surface area contributed by atoms with E-state index in [0.29, 0.717) is 4.90 Å². The molecular weight excluding hydrogens is 337 g/mol. The summed E-state index contributed by atoms with van der Waals surface area (Å²) in [6.07, 6.45) is 0.980. The van der Waals surface area contributed by atoms with Crippen LogP contribution in [0.25, 0.3) is 6.08 Å². The zero-order chi connectivity index (χ0) is 18.1. The molecule has 2 aromatic rings. The second kappa shape index (κ2) is 6.00. The second-order valence-electron chi connectivity index (χ2n) is 4.87. The summed E-state index contributed by atoms with van der Waals surface area (Å²) in [4.78, 5) is 46.8. The number of rotatable bonds is 3. The number of furan rings is 1. The van der Waals surface area contributed by atoms with E-state index in [1.807, 2.05) is 5.32 Å². The van der Waals surface area contributed by atoms with E-state index < -0.39 is 40.0 Å². The van der Waals surface area contributed by atoms with Crippen LogP contribution in [0.3, 0.4) is 0 Å². The van der Waals surface area contributed by atoms with Crippen molar-refractivity contribution < 1.29 is 28.1 Å². The average molecular weight is 345 g/mol. The van der Waals surface area contributed by atoms with Crippen molar-refractivity contribution in [2.75, 3.05) is 4.90 Å². The Bertz CT molecular complexity index is 931. The highest BCUT2D eigenvalue weighted by molar-refractivity contribution is 6.39. The number of nitrogens with zero attached hydrogens (tertiary/aromatic N) is 2. The molecule has 0 aliphatic carbocycles. The van der Waals surface area contributed by atoms with Gasteiger partial charge in [0.2, 0.25) is 0 Å². The average Bonchev–Trinajstić information content (AvgIpc) is 3.02. The summed E-state index contributed by atoms with van der Waals surface area (Å²) in [5, 5.41) is 12.6. The Morgan fingerprint density at radius 3 is 2.40 bits per heavy atom. The van der Waals surface area contributed by atoms with Crippen LogP contribution in [-0.2, 0) is 9.59 Å². The van der Waals surface area contributed by atoms with Gasteiger partial charge in [-0.25, -0.2) is 14.1 Å². The summed E-state index contributed by atoms with van der Waals surface area (Å²) < 4.78 is 17.9. The number of hydrogen-bond donors (Lipinski definition) is 1. The molecule has 0 radical (unpaired) electrons. The van der Waals surface area contributed by atoms with Gasteiger partial charge in [0.1, 0.15) is 22.1 Å². The number of nitrogens with one attached hydrogen (secondary N) is 1. The van der Waals surface area contributed by atoms with Gasteiger partial charge < -0.3 is 4.42 Å². The van der Waals surface area contributed by atoms with Gasteiger partial charge in [0.15, 0.2) is 0 Å². The third kappa shape index (κ3) is 3.00. The molecule has 126 valence electrons. The van der Waals surface area contributed by atoms with Crippen molar-refractivity contribution in [2.45, 2.75) is 0 Å². The Morgan fingerprint density at radius 1 is 1.12 bits per heavy atom. The number of barbiturate groups is 1. The predicted octanol–water partition coefficient (Wildman–Crippen LogP) is 1.99. The van der Waals surface area contributed by atoms with Crippen molar-refractivity contribution in [1.29, 1.82) is 0 Å². The molecule has 1 aliphatic heterocycles. The topological polar surface area (TPSA) is 123 Å². The minimum atomic E-state index is -0.996. The van der Waals surface area contributed by atoms with Gasteiger partial charge in [-0.2, -0.15) is 0 Å². The maximum Gasteiger partial charge on any atom is 0.433 e. The number of halogens is 1. The molecule has 1 aliphatic rings. The molecule has 0 bridgehead atoms. The second-order valence-corrected chi connectivity index (χ2v) is 4.87. The molecule has 0 unspecified atom stereocenters. The molecule has 1 N–H and O–H groups in total. The molecule has 10 heteroatoms. The van der Waals surface area contributed by atoms with E-state index >= 15 is 0 Å². The SMILES string of the molecule is O=C1NC(=O)N(c2ccc(F)cc2)C(=O)/C1=C/c1ccc([N+](=O)[O-])o1. The van der Waals surface area contributed by atoms with E-state index in [0.717, 1.165) is 24.3 Å². The van der Waals surface area contributed by atoms with Crippen molar-refractivity contribution in [2.24, 2.45) is 0 Å². The number of nitro groups is 1. The Morgan fingerprint density at radius 2 is 1.80 bits per heavy atom. The monoisotopic (exact) mass is 345 g/mol. The zero-order valence-corrected chi connectivity index (χ0v) is 12.3. The smallest absolute Gasteiger partial charge is 0.401 e. The molecule has 3 rings (SSSR count). The first-order valence-electron chi connectivity index (χ1n) is 6.78. The largest absolute Gasteiger partial charge is 0.433 e. The van der Waals surface area contributed by atoms with Gasteiger partial charge in [0.25, 0.3) is 11.8 Å². The summed E-state index contributed by atoms with van der Waals surface area (Å²) in [6, 6.07) is 5.74. The fourth-order valence-electron chi connectivity index (χ4n) is 2.14. The van der Waals surface area contributed by atoms with E-state index in [9.17, 15) is 28.9 Å². The van der Waals surface area contributed by atoms with Crippen LogP contribution >= 0.6 is 0 Å². The zero-order valence-electron chi connectivity index (χ0n) is 12.3. The van der Waals surface area contributed by atoms with Gasteiger partial charge in [0.05, 0.1) is 11.8 Å². The molecule has 1 aromatic carbocycles. The quantitative estimate of drug-likeness (QED) is 0.393. The molecule has 1 aromatic heterocycles. The molecular formula is C15H8FN3O6. The molecule has 0 spiro atoms. The number of imide groups is 2. The van der Waals surface area contributed by atoms with E-state index in [2.05, 4.69) is 0 Å². The van der Waals surface area contributed by atoms with Crippen LogP contribution in [0.4, 0.5) is 20.8 Å². The molecule has 4 amide bonds. The Kier molecular flexibility index (Phi) is 3.85. The lowest BCUT2D eigenvalue weighted by molar-refractivity contribution is -0.402. The van der Waals surface area contributed by atoms with Crippen molar-refractivity contribution in [1.82, 2.24) is 5.32 Å². The van der Waals surface area contributed by atoms with Crippen LogP contribution in [0.2, 0.25) is 0 Å². The summed E-state index contributed by atoms with van der Waals surface area (Å²) in [6.45, 7) is 0. The number of hydrogen-bond acceptors (Lipinski definition) is 6. The number of anilines is 1. The standard InChI is InChI=1S/C15H8FN3O6/c16-8-1-3-9(4-2-8)18-14(21)11(13(20)17-15(18)22)7-10-5-6-12(25-10)19(23)24/h1-7H,(H,17,20,22)/b11-7+. The van der Waals surface area contributed by atoms with Crippen molar-refractivity contribution >= 4 is 35.5 Å². The van der Waals surface area contributed by atoms with Gasteiger partial charge in [-0.05, 0) is 36.4 Å². The van der Waals surface area contributed by atoms with E-state index in [4.69, 9.17) is 4.42 Å². The number of urea groups is 1. The molecule has 0 saturated carbocycles. The van der Waals surface area contributed by atoms with E-state index in [1.54, 1.807) is 0 Å². The summed E-state index contributed by atoms with van der Waals surface area (Å²) in [5.41, 5.74) is -0.416. The summed E-state index contributed by atoms with van der Waals surface area (Å²) >= 11 is 0. The Hall–Kier alpha value is -3.82. The van der Waals surface area contributed by atoms with Gasteiger partial charge in [-0.15, -0.1) is 0 Å². The number of carbonyl (C=O) groups excluding carboxylic acids is 3. The predicted molar refractivity (Wildman–Crippen MR) is 80.8 cm³/mol. The number of amides is 4. The third-order valence-corrected chi connectivity index (χ3v) is 3.27. The van der Waals surface area contributed by atoms with Gasteiger partial charge in [-0.1, -0.05) is 0 Å². The minimum absolute atomic E-state index is 0.0488. The first-order chi connectivity index (χ1) is 11.9. The van der Waals surface area contributed by atoms with E-state index in [1.165, 1.54) is 18.2 Å². The highest BCUT2D eigenvalue weighted by Gasteiger charge is 2.37. The van der Waals surface area contributed by atoms with Crippen LogP contribution in [0.15, 0.2) is 46.4 Å². The first kappa shape index (κ1) is 16.1. The fourth-order valence-corrected chi connectivity index (χ4v) is 2.14. The Balaban J connectivity index is 1.98. The number of carbonyl (C=O) groups is 3. The summed E-state index contributed by atoms with van der Waals surface area (Å²) in [5.74, 6) is -3.20. The molecule has 9 nitrogen and oxygen atoms in total. The highest BCUT2D eigenvalue weighted by atomic mass is 19.1. The highest BCUT2D eigenvalue weighted by Crippen LogP contribution is 2.23. The van der Waals surface area contributed by atoms with Crippen LogP contribution in [0.1, 0.15) is 5.76 Å². The molecule has 0 atom stereocenters. The van der Waals surface area contributed by atoms with Crippen molar-refractivity contribution in [3.63, 3.8) is 0 Å². The van der Waals surface area contributed by atoms with Gasteiger partial charge >= 0.3 is 11.9 Å². The van der Waals surface area contributed by atoms with Gasteiger partial charge in [-0.3, -0.25) is 25.0 Å². The lowest BCUT2D eigenvalue weighted by atomic mass is 10.1. The van der Waals surface area contributed by atoms with Gasteiger partial charge in [0, 0.05) is 0 Å². The minimum Gasteiger partial charge on any atom is -0.401 e. The first-order valence-corrected chi connectivity index (χ1v) is 6.78. The summed E-state index contributed by atoms with van der Waals surface area (Å²) in [7, 11) is 0. The maximum absolute atomic E-state index is 13.0. The molecule has 25 heavy (non-hydrogen) atoms. The van der Waals surface area contributed by atoms with E-state index in [-0.39, 0.29) is 11.4 Å². The maximum atomic E-state index is 13.0. The van der Waals surface area contributed by atoms with Crippen LogP contribution in [0.5, 0.6) is 0 Å². The van der Waals surface area contributed by atoms with Crippen LogP contribution < -0.4 is 10.2 Å². The lowest BCUT2D eigenvalue weighted by Crippen LogP contribution is -2.54. The number of benzene rings is 1. The molecule has 2 heterocycles. The lowest BCUT2D eigenvalue weighted by Gasteiger charge is -2.26. The third-order valence-electron chi connectivity index (χ3n) is 3.27. The van der Waals surface area contributed by atoms with Crippen molar-refractivity contribution in [3.8, 4) is 0 Å². The molecule has 1 fully saturated rings. The normalized spacial score (nSPS) is 16.3. The Labute approximate surface area is 138 Å². The van der Waals surface area contributed by atoms with Crippen LogP contribution in [-0.4, -0.2) is 22.8 Å². The molecule has 1 saturated heterocycles. The van der Waals surface area contributed by atoms with Crippen molar-refractivity contribution in [3.05, 3.63) is 63.7 Å².